The van der Waals surface area contributed by atoms with Crippen LogP contribution in [-0.2, 0) is 36.7 Å². The van der Waals surface area contributed by atoms with Crippen LogP contribution in [0.4, 0.5) is 16.2 Å². The number of hydrogen-bond donors (Lipinski definition) is 6. The van der Waals surface area contributed by atoms with Crippen molar-refractivity contribution in [3.63, 3.8) is 0 Å². The highest BCUT2D eigenvalue weighted by atomic mass is 32.7. The van der Waals surface area contributed by atoms with Crippen LogP contribution in [0.25, 0.3) is 11.2 Å². The number of aromatic nitrogens is 6. The molecule has 0 spiro atoms. The van der Waals surface area contributed by atoms with Crippen LogP contribution in [-0.4, -0.2) is 104 Å². The molecule has 3 aliphatic heterocycles. The zero-order valence-corrected chi connectivity index (χ0v) is 27.0. The molecule has 6 N–H and O–H groups in total. The molecule has 0 radical (unpaired) electrons. The molecule has 0 unspecified atom stereocenters. The second-order valence-corrected chi connectivity index (χ2v) is 15.9. The summed E-state index contributed by atoms with van der Waals surface area (Å²) in [6.07, 6.45) is -10.1. The lowest BCUT2D eigenvalue weighted by Gasteiger charge is -2.26. The average Bonchev–Trinajstić information content (AvgIpc) is 3.75. The third-order valence-electron chi connectivity index (χ3n) is 7.29. The second-order valence-electron chi connectivity index (χ2n) is 10.1. The van der Waals surface area contributed by atoms with E-state index in [9.17, 15) is 19.0 Å². The van der Waals surface area contributed by atoms with E-state index in [0.29, 0.717) is 0 Å². The normalized spacial score (nSPS) is 37.4. The number of alkyl halides is 1. The third-order valence-corrected chi connectivity index (χ3v) is 10.5. The van der Waals surface area contributed by atoms with Crippen molar-refractivity contribution in [2.45, 2.75) is 49.1 Å². The number of aliphatic hydroxyl groups excluding tert-OH is 1. The summed E-state index contributed by atoms with van der Waals surface area (Å²) < 4.78 is 79.1. The van der Waals surface area contributed by atoms with E-state index in [0.717, 1.165) is 6.33 Å². The minimum atomic E-state index is -4.44. The number of nitrogens with two attached hydrogens (primary N) is 2. The minimum absolute atomic E-state index is 0.00908. The number of imidazole rings is 2. The fourth-order valence-corrected chi connectivity index (χ4v) is 8.13. The summed E-state index contributed by atoms with van der Waals surface area (Å²) in [5.74, 6) is -0.239. The van der Waals surface area contributed by atoms with Crippen LogP contribution in [0.5, 0.6) is 0 Å². The number of hydrogen-bond acceptors (Lipinski definition) is 16. The summed E-state index contributed by atoms with van der Waals surface area (Å²) in [6, 6.07) is 0. The molecule has 3 fully saturated rings. The predicted molar refractivity (Wildman–Crippen MR) is 164 cm³/mol. The standard InChI is InChI=1S/C21H27FN10O10P2S2/c1-25-15(23)10-16(26-2)31(5-27-10)19-9(22)13-8(40-19)4-38-44(36,46)42-14-12(33)7(3-37-43(35,45)41-13)39-20(14)32-6-28-11-17(32)29-21(24)30-18(11)34/h5-9,12-14,19-20,33H,2-4H2,1H3,(H2,23,25)(H,35,45)(H,36,46)(H3,24,29,30,34)/t7-,8-,9-,12-,13-,14-,19-,20-,43-,44-/m1/s1. The fourth-order valence-electron chi connectivity index (χ4n) is 5.19. The number of ether oxygens (including phenoxy) is 2. The van der Waals surface area contributed by atoms with Gasteiger partial charge in [-0.2, -0.15) is 4.98 Å². The van der Waals surface area contributed by atoms with Gasteiger partial charge in [0.25, 0.3) is 5.56 Å². The van der Waals surface area contributed by atoms with Crippen molar-refractivity contribution in [1.29, 1.82) is 0 Å². The van der Waals surface area contributed by atoms with E-state index in [4.69, 9.17) is 39.0 Å². The fraction of sp³-hybridized carbons (Fsp3) is 0.524. The topological polar surface area (TPSA) is 268 Å². The molecule has 0 aliphatic carbocycles. The largest absolute Gasteiger partial charge is 0.387 e. The average molecular weight is 725 g/mol. The number of fused-ring (bicyclic) bond motifs is 4. The quantitative estimate of drug-likeness (QED) is 0.0934. The van der Waals surface area contributed by atoms with Crippen LogP contribution in [0, 0.1) is 0 Å². The number of aromatic amines is 1. The van der Waals surface area contributed by atoms with Gasteiger partial charge >= 0.3 is 13.6 Å². The maximum atomic E-state index is 16.0. The number of anilines is 1. The first-order valence-electron chi connectivity index (χ1n) is 13.2. The van der Waals surface area contributed by atoms with Crippen LogP contribution in [0.3, 0.4) is 0 Å². The Balaban J connectivity index is 1.32. The van der Waals surface area contributed by atoms with E-state index in [1.807, 2.05) is 0 Å². The summed E-state index contributed by atoms with van der Waals surface area (Å²) in [4.78, 5) is 34.5. The molecule has 3 aliphatic rings. The maximum absolute atomic E-state index is 16.0. The van der Waals surface area contributed by atoms with Crippen molar-refractivity contribution in [2.75, 3.05) is 26.0 Å². The van der Waals surface area contributed by atoms with Crippen molar-refractivity contribution < 1.29 is 46.2 Å². The second kappa shape index (κ2) is 12.4. The molecule has 3 saturated heterocycles. The van der Waals surface area contributed by atoms with E-state index >= 15 is 4.39 Å². The number of nitrogen functional groups attached to an aromatic ring is 1. The van der Waals surface area contributed by atoms with Crippen LogP contribution in [0.15, 0.2) is 27.4 Å². The highest BCUT2D eigenvalue weighted by molar-refractivity contribution is 8.44. The van der Waals surface area contributed by atoms with Gasteiger partial charge in [-0.3, -0.25) is 42.0 Å². The van der Waals surface area contributed by atoms with Gasteiger partial charge in [-0.1, -0.05) is 24.5 Å². The molecular weight excluding hydrogens is 697 g/mol. The van der Waals surface area contributed by atoms with Gasteiger partial charge in [0.05, 0.1) is 25.9 Å². The number of thiol groups is 2. The minimum Gasteiger partial charge on any atom is -0.387 e. The van der Waals surface area contributed by atoms with Gasteiger partial charge in [0.1, 0.15) is 42.0 Å². The van der Waals surface area contributed by atoms with Crippen LogP contribution < -0.4 is 17.0 Å². The van der Waals surface area contributed by atoms with Crippen LogP contribution in [0.2, 0.25) is 0 Å². The molecule has 6 heterocycles. The lowest BCUT2D eigenvalue weighted by Crippen LogP contribution is -2.35. The lowest BCUT2D eigenvalue weighted by atomic mass is 10.1. The maximum Gasteiger partial charge on any atom is 0.386 e. The van der Waals surface area contributed by atoms with E-state index in [2.05, 4.69) is 61.1 Å². The van der Waals surface area contributed by atoms with Crippen molar-refractivity contribution >= 4 is 73.6 Å². The SMILES string of the molecule is C=Nc1c(/C(N)=N\C)ncn1[C@@H]1O[C@@H]2CO[P@@](=O)(S)O[C@@H]3[C@H](O)[C@@H](CO[P@@](=O)(S)O[C@H]2[C@H]1F)O[C@H]3n1cnc2c(=O)[nH]c(N)nc21. The van der Waals surface area contributed by atoms with Crippen molar-refractivity contribution in [2.24, 2.45) is 15.7 Å². The molecule has 3 aromatic rings. The molecule has 0 aromatic carbocycles. The molecule has 250 valence electrons. The van der Waals surface area contributed by atoms with Gasteiger partial charge < -0.3 is 26.0 Å². The van der Waals surface area contributed by atoms with Gasteiger partial charge in [-0.25, -0.2) is 28.5 Å². The zero-order chi connectivity index (χ0) is 33.1. The number of nitrogens with zero attached hydrogens (tertiary/aromatic N) is 7. The molecule has 20 nitrogen and oxygen atoms in total. The molecule has 25 heteroatoms. The summed E-state index contributed by atoms with van der Waals surface area (Å²) in [5, 5.41) is 11.1. The Labute approximate surface area is 268 Å². The molecule has 46 heavy (non-hydrogen) atoms. The molecule has 0 saturated carbocycles. The van der Waals surface area contributed by atoms with Crippen molar-refractivity contribution in [3.8, 4) is 0 Å². The highest BCUT2D eigenvalue weighted by Crippen LogP contribution is 2.60. The van der Waals surface area contributed by atoms with Crippen molar-refractivity contribution in [1.82, 2.24) is 29.1 Å². The number of rotatable bonds is 4. The molecule has 6 rings (SSSR count). The smallest absolute Gasteiger partial charge is 0.386 e. The molecule has 10 atom stereocenters. The summed E-state index contributed by atoms with van der Waals surface area (Å²) in [7, 11) is 1.42. The Morgan fingerprint density at radius 3 is 2.41 bits per heavy atom. The Morgan fingerprint density at radius 2 is 1.74 bits per heavy atom. The van der Waals surface area contributed by atoms with Gasteiger partial charge in [0.2, 0.25) is 5.95 Å². The van der Waals surface area contributed by atoms with E-state index in [-0.39, 0.29) is 34.5 Å². The van der Waals surface area contributed by atoms with E-state index in [1.54, 1.807) is 0 Å². The number of aliphatic hydroxyl groups is 1. The number of halogens is 1. The summed E-state index contributed by atoms with van der Waals surface area (Å²) >= 11 is 8.03. The van der Waals surface area contributed by atoms with Crippen LogP contribution in [0.1, 0.15) is 18.1 Å². The molecular formula is C21H27FN10O10P2S2. The van der Waals surface area contributed by atoms with Crippen LogP contribution >= 0.6 is 38.1 Å². The predicted octanol–water partition coefficient (Wildman–Crippen LogP) is 0.652. The van der Waals surface area contributed by atoms with Crippen molar-refractivity contribution in [3.05, 3.63) is 28.7 Å². The Bertz CT molecular complexity index is 1860. The first kappa shape index (κ1) is 33.2. The number of H-pyrrole nitrogens is 1. The first-order valence-corrected chi connectivity index (χ1v) is 18.6. The summed E-state index contributed by atoms with van der Waals surface area (Å²) in [5.41, 5.74) is 10.8. The molecule has 2 bridgehead atoms. The van der Waals surface area contributed by atoms with Gasteiger partial charge in [0, 0.05) is 7.05 Å². The monoisotopic (exact) mass is 724 g/mol. The Hall–Kier alpha value is -2.69. The lowest BCUT2D eigenvalue weighted by molar-refractivity contribution is -0.0570. The van der Waals surface area contributed by atoms with E-state index < -0.39 is 81.5 Å². The molecule has 3 aromatic heterocycles. The zero-order valence-electron chi connectivity index (χ0n) is 23.5. The Kier molecular flexibility index (Phi) is 8.95. The number of aliphatic imine (C=N–C) groups is 2. The highest BCUT2D eigenvalue weighted by Gasteiger charge is 2.54. The molecule has 0 amide bonds. The van der Waals surface area contributed by atoms with Gasteiger partial charge in [0.15, 0.2) is 35.6 Å². The first-order chi connectivity index (χ1) is 21.7. The van der Waals surface area contributed by atoms with Gasteiger partial charge in [-0.05, 0) is 6.72 Å². The third kappa shape index (κ3) is 6.05. The number of nitrogens with one attached hydrogen (secondary N) is 1. The number of amidine groups is 1. The van der Waals surface area contributed by atoms with Gasteiger partial charge in [-0.15, -0.1) is 0 Å². The van der Waals surface area contributed by atoms with E-state index in [1.165, 1.54) is 22.5 Å². The summed E-state index contributed by atoms with van der Waals surface area (Å²) in [6.45, 7) is -6.72. The Morgan fingerprint density at radius 1 is 1.11 bits per heavy atom.